The Morgan fingerprint density at radius 2 is 1.81 bits per heavy atom. The molecule has 2 N–H and O–H groups in total. The van der Waals surface area contributed by atoms with Crippen LogP contribution in [0.1, 0.15) is 44.6 Å². The van der Waals surface area contributed by atoms with E-state index in [1.165, 1.54) is 0 Å². The van der Waals surface area contributed by atoms with Gasteiger partial charge in [0.05, 0.1) is 16.6 Å². The van der Waals surface area contributed by atoms with E-state index in [0.29, 0.717) is 46.7 Å². The molecule has 3 aromatic rings. The Balaban J connectivity index is 1.73. The van der Waals surface area contributed by atoms with Gasteiger partial charge in [-0.05, 0) is 44.5 Å². The van der Waals surface area contributed by atoms with Crippen molar-refractivity contribution in [2.24, 2.45) is 0 Å². The van der Waals surface area contributed by atoms with Gasteiger partial charge >= 0.3 is 0 Å². The highest BCUT2D eigenvalue weighted by Crippen LogP contribution is 2.21. The summed E-state index contributed by atoms with van der Waals surface area (Å²) in [6, 6.07) is 8.85. The lowest BCUT2D eigenvalue weighted by molar-refractivity contribution is 0.0944. The first kappa shape index (κ1) is 17.6. The summed E-state index contributed by atoms with van der Waals surface area (Å²) in [7, 11) is 0. The third kappa shape index (κ3) is 3.56. The molecule has 134 valence electrons. The Kier molecular flexibility index (Phi) is 4.97. The number of carbonyl (C=O) groups is 2. The predicted octanol–water partition coefficient (Wildman–Crippen LogP) is 2.52. The van der Waals surface area contributed by atoms with Crippen molar-refractivity contribution < 1.29 is 14.1 Å². The SMILES string of the molecule is CCNC(=O)c1ccc(CNC(=O)c2cc(C)nc3onc(C)c23)cc1. The third-order valence-electron chi connectivity index (χ3n) is 4.00. The summed E-state index contributed by atoms with van der Waals surface area (Å²) in [6.07, 6.45) is 0. The number of nitrogens with one attached hydrogen (secondary N) is 2. The molecule has 0 saturated carbocycles. The molecular formula is C19H20N4O3. The van der Waals surface area contributed by atoms with Crippen LogP contribution in [0.4, 0.5) is 0 Å². The first-order chi connectivity index (χ1) is 12.5. The average molecular weight is 352 g/mol. The summed E-state index contributed by atoms with van der Waals surface area (Å²) in [5, 5.41) is 10.1. The van der Waals surface area contributed by atoms with Gasteiger partial charge in [0.1, 0.15) is 0 Å². The fourth-order valence-corrected chi connectivity index (χ4v) is 2.71. The molecule has 0 aliphatic heterocycles. The lowest BCUT2D eigenvalue weighted by Crippen LogP contribution is -2.24. The number of rotatable bonds is 5. The van der Waals surface area contributed by atoms with E-state index >= 15 is 0 Å². The van der Waals surface area contributed by atoms with Crippen LogP contribution in [0.25, 0.3) is 11.1 Å². The van der Waals surface area contributed by atoms with Crippen molar-refractivity contribution in [3.63, 3.8) is 0 Å². The molecule has 1 aromatic carbocycles. The van der Waals surface area contributed by atoms with Gasteiger partial charge in [-0.25, -0.2) is 4.98 Å². The maximum absolute atomic E-state index is 12.6. The maximum Gasteiger partial charge on any atom is 0.258 e. The molecule has 2 heterocycles. The monoisotopic (exact) mass is 352 g/mol. The van der Waals surface area contributed by atoms with Crippen molar-refractivity contribution in [3.8, 4) is 0 Å². The van der Waals surface area contributed by atoms with Crippen LogP contribution >= 0.6 is 0 Å². The molecule has 0 fully saturated rings. The van der Waals surface area contributed by atoms with Gasteiger partial charge in [-0.15, -0.1) is 0 Å². The predicted molar refractivity (Wildman–Crippen MR) is 96.9 cm³/mol. The van der Waals surface area contributed by atoms with Crippen molar-refractivity contribution in [1.82, 2.24) is 20.8 Å². The van der Waals surface area contributed by atoms with Crippen LogP contribution in [0, 0.1) is 13.8 Å². The zero-order valence-corrected chi connectivity index (χ0v) is 14.9. The Morgan fingerprint density at radius 1 is 1.08 bits per heavy atom. The molecule has 0 atom stereocenters. The molecule has 2 amide bonds. The zero-order valence-electron chi connectivity index (χ0n) is 14.9. The molecule has 0 unspecified atom stereocenters. The van der Waals surface area contributed by atoms with Gasteiger partial charge in [-0.3, -0.25) is 9.59 Å². The van der Waals surface area contributed by atoms with Gasteiger partial charge in [-0.1, -0.05) is 17.3 Å². The van der Waals surface area contributed by atoms with Gasteiger partial charge in [0, 0.05) is 24.3 Å². The van der Waals surface area contributed by atoms with Gasteiger partial charge < -0.3 is 15.2 Å². The Morgan fingerprint density at radius 3 is 2.50 bits per heavy atom. The van der Waals surface area contributed by atoms with Gasteiger partial charge in [0.25, 0.3) is 17.5 Å². The number of aromatic nitrogens is 2. The van der Waals surface area contributed by atoms with Crippen molar-refractivity contribution in [3.05, 3.63) is 58.4 Å². The van der Waals surface area contributed by atoms with Crippen molar-refractivity contribution in [2.75, 3.05) is 6.54 Å². The van der Waals surface area contributed by atoms with E-state index in [9.17, 15) is 9.59 Å². The van der Waals surface area contributed by atoms with Crippen LogP contribution in [-0.4, -0.2) is 28.5 Å². The molecule has 0 saturated heterocycles. The van der Waals surface area contributed by atoms with Crippen molar-refractivity contribution in [1.29, 1.82) is 0 Å². The highest BCUT2D eigenvalue weighted by atomic mass is 16.5. The standard InChI is InChI=1S/C19H20N4O3/c1-4-20-17(24)14-7-5-13(6-8-14)10-21-18(25)15-9-11(2)22-19-16(15)12(3)23-26-19/h5-9H,4,10H2,1-3H3,(H,20,24)(H,21,25). The normalized spacial score (nSPS) is 10.7. The molecule has 0 bridgehead atoms. The van der Waals surface area contributed by atoms with Gasteiger partial charge in [0.2, 0.25) is 0 Å². The highest BCUT2D eigenvalue weighted by Gasteiger charge is 2.17. The van der Waals surface area contributed by atoms with E-state index in [1.54, 1.807) is 32.0 Å². The number of amides is 2. The second-order valence-electron chi connectivity index (χ2n) is 6.00. The number of nitrogens with zero attached hydrogens (tertiary/aromatic N) is 2. The number of hydrogen-bond donors (Lipinski definition) is 2. The number of fused-ring (bicyclic) bond motifs is 1. The van der Waals surface area contributed by atoms with E-state index in [0.717, 1.165) is 5.56 Å². The lowest BCUT2D eigenvalue weighted by Gasteiger charge is -2.08. The third-order valence-corrected chi connectivity index (χ3v) is 4.00. The Hall–Kier alpha value is -3.22. The van der Waals surface area contributed by atoms with E-state index < -0.39 is 0 Å². The number of hydrogen-bond acceptors (Lipinski definition) is 5. The van der Waals surface area contributed by atoms with E-state index in [1.807, 2.05) is 19.1 Å². The summed E-state index contributed by atoms with van der Waals surface area (Å²) in [5.74, 6) is -0.333. The summed E-state index contributed by atoms with van der Waals surface area (Å²) in [4.78, 5) is 28.6. The largest absolute Gasteiger partial charge is 0.352 e. The average Bonchev–Trinajstić information content (AvgIpc) is 3.00. The first-order valence-electron chi connectivity index (χ1n) is 8.38. The molecule has 7 nitrogen and oxygen atoms in total. The number of pyridine rings is 1. The molecule has 0 aliphatic carbocycles. The smallest absolute Gasteiger partial charge is 0.258 e. The topological polar surface area (TPSA) is 97.1 Å². The fourth-order valence-electron chi connectivity index (χ4n) is 2.71. The van der Waals surface area contributed by atoms with Crippen LogP contribution in [0.5, 0.6) is 0 Å². The molecule has 7 heteroatoms. The highest BCUT2D eigenvalue weighted by molar-refractivity contribution is 6.06. The molecule has 2 aromatic heterocycles. The number of carbonyl (C=O) groups excluding carboxylic acids is 2. The number of benzene rings is 1. The minimum absolute atomic E-state index is 0.110. The van der Waals surface area contributed by atoms with Gasteiger partial charge in [0.15, 0.2) is 0 Å². The van der Waals surface area contributed by atoms with Crippen molar-refractivity contribution >= 4 is 22.9 Å². The zero-order chi connectivity index (χ0) is 18.7. The molecular weight excluding hydrogens is 332 g/mol. The van der Waals surface area contributed by atoms with E-state index in [4.69, 9.17) is 4.52 Å². The van der Waals surface area contributed by atoms with E-state index in [-0.39, 0.29) is 11.8 Å². The molecule has 26 heavy (non-hydrogen) atoms. The lowest BCUT2D eigenvalue weighted by atomic mass is 10.1. The second-order valence-corrected chi connectivity index (χ2v) is 6.00. The first-order valence-corrected chi connectivity index (χ1v) is 8.38. The second kappa shape index (κ2) is 7.35. The fraction of sp³-hybridized carbons (Fsp3) is 0.263. The minimum Gasteiger partial charge on any atom is -0.352 e. The molecule has 0 aliphatic rings. The molecule has 3 rings (SSSR count). The summed E-state index contributed by atoms with van der Waals surface area (Å²) in [6.45, 7) is 6.38. The molecule has 0 spiro atoms. The Bertz CT molecular complexity index is 961. The van der Waals surface area contributed by atoms with Crippen LogP contribution < -0.4 is 10.6 Å². The maximum atomic E-state index is 12.6. The van der Waals surface area contributed by atoms with Crippen LogP contribution in [0.2, 0.25) is 0 Å². The number of aryl methyl sites for hydroxylation is 2. The summed E-state index contributed by atoms with van der Waals surface area (Å²) in [5.41, 5.74) is 3.65. The quantitative estimate of drug-likeness (QED) is 0.735. The summed E-state index contributed by atoms with van der Waals surface area (Å²) < 4.78 is 5.16. The van der Waals surface area contributed by atoms with Gasteiger partial charge in [-0.2, -0.15) is 0 Å². The van der Waals surface area contributed by atoms with Crippen molar-refractivity contribution in [2.45, 2.75) is 27.3 Å². The van der Waals surface area contributed by atoms with E-state index in [2.05, 4.69) is 20.8 Å². The minimum atomic E-state index is -0.223. The van der Waals surface area contributed by atoms with Crippen LogP contribution in [-0.2, 0) is 6.54 Å². The Labute approximate surface area is 150 Å². The molecule has 0 radical (unpaired) electrons. The van der Waals surface area contributed by atoms with Crippen LogP contribution in [0.15, 0.2) is 34.9 Å². The summed E-state index contributed by atoms with van der Waals surface area (Å²) >= 11 is 0. The van der Waals surface area contributed by atoms with Crippen LogP contribution in [0.3, 0.4) is 0 Å².